The number of fused-ring (bicyclic) bond motifs is 1. The number of ketones is 1. The van der Waals surface area contributed by atoms with E-state index in [2.05, 4.69) is 10.2 Å². The van der Waals surface area contributed by atoms with Gasteiger partial charge < -0.3 is 0 Å². The van der Waals surface area contributed by atoms with E-state index in [9.17, 15) is 13.2 Å². The molecule has 0 radical (unpaired) electrons. The van der Waals surface area contributed by atoms with E-state index in [1.807, 2.05) is 0 Å². The Morgan fingerprint density at radius 3 is 2.71 bits per heavy atom. The summed E-state index contributed by atoms with van der Waals surface area (Å²) in [6, 6.07) is 0. The molecule has 110 valence electrons. The van der Waals surface area contributed by atoms with Crippen LogP contribution in [0.5, 0.6) is 0 Å². The van der Waals surface area contributed by atoms with E-state index in [1.165, 1.54) is 22.9 Å². The van der Waals surface area contributed by atoms with Crippen molar-refractivity contribution >= 4 is 31.8 Å². The average Bonchev–Trinajstić information content (AvgIpc) is 2.98. The molecule has 3 rings (SSSR count). The Morgan fingerprint density at radius 2 is 2.05 bits per heavy atom. The van der Waals surface area contributed by atoms with Gasteiger partial charge in [-0.2, -0.15) is 10.2 Å². The van der Waals surface area contributed by atoms with Crippen molar-refractivity contribution in [3.05, 3.63) is 30.4 Å². The molecule has 0 saturated heterocycles. The van der Waals surface area contributed by atoms with Crippen molar-refractivity contribution in [3.63, 3.8) is 0 Å². The fourth-order valence-electron chi connectivity index (χ4n) is 1.96. The molecule has 0 aliphatic rings. The van der Waals surface area contributed by atoms with Gasteiger partial charge >= 0.3 is 0 Å². The van der Waals surface area contributed by atoms with Crippen LogP contribution in [0.1, 0.15) is 17.3 Å². The highest BCUT2D eigenvalue weighted by atomic mass is 32.2. The standard InChI is InChI=1S/C12H12N4O3S2/c1-8(17)10-4-14-16-6-11(20-12(10)16)9-3-13-15(5-9)7-21(2,18)19/h3-6H,7H2,1-2H3. The maximum atomic E-state index is 11.5. The zero-order valence-electron chi connectivity index (χ0n) is 11.3. The van der Waals surface area contributed by atoms with Crippen LogP contribution in [0.2, 0.25) is 0 Å². The quantitative estimate of drug-likeness (QED) is 0.678. The van der Waals surface area contributed by atoms with E-state index < -0.39 is 9.84 Å². The zero-order chi connectivity index (χ0) is 15.2. The van der Waals surface area contributed by atoms with Gasteiger partial charge in [-0.05, 0) is 6.92 Å². The lowest BCUT2D eigenvalue weighted by Gasteiger charge is -1.96. The summed E-state index contributed by atoms with van der Waals surface area (Å²) in [4.78, 5) is 13.1. The van der Waals surface area contributed by atoms with Crippen molar-refractivity contribution in [1.82, 2.24) is 19.4 Å². The molecule has 3 heterocycles. The lowest BCUT2D eigenvalue weighted by atomic mass is 10.3. The van der Waals surface area contributed by atoms with Gasteiger partial charge in [0.2, 0.25) is 0 Å². The summed E-state index contributed by atoms with van der Waals surface area (Å²) in [5, 5.41) is 8.17. The topological polar surface area (TPSA) is 86.3 Å². The van der Waals surface area contributed by atoms with E-state index >= 15 is 0 Å². The summed E-state index contributed by atoms with van der Waals surface area (Å²) in [7, 11) is -3.14. The Hall–Kier alpha value is -2.00. The zero-order valence-corrected chi connectivity index (χ0v) is 13.0. The molecule has 0 spiro atoms. The Kier molecular flexibility index (Phi) is 3.18. The molecule has 0 amide bonds. The highest BCUT2D eigenvalue weighted by Gasteiger charge is 2.14. The predicted molar refractivity (Wildman–Crippen MR) is 79.1 cm³/mol. The predicted octanol–water partition coefficient (Wildman–Crippen LogP) is 1.46. The van der Waals surface area contributed by atoms with Crippen molar-refractivity contribution in [3.8, 4) is 10.4 Å². The number of aromatic nitrogens is 4. The highest BCUT2D eigenvalue weighted by Crippen LogP contribution is 2.30. The fraction of sp³-hybridized carbons (Fsp3) is 0.250. The summed E-state index contributed by atoms with van der Waals surface area (Å²) in [5.74, 6) is -0.194. The second-order valence-electron chi connectivity index (χ2n) is 4.78. The largest absolute Gasteiger partial charge is 0.294 e. The molecule has 0 aliphatic heterocycles. The Balaban J connectivity index is 1.99. The van der Waals surface area contributed by atoms with Gasteiger partial charge in [0.25, 0.3) is 0 Å². The molecule has 0 bridgehead atoms. The van der Waals surface area contributed by atoms with Crippen molar-refractivity contribution in [2.24, 2.45) is 0 Å². The molecule has 0 unspecified atom stereocenters. The lowest BCUT2D eigenvalue weighted by Crippen LogP contribution is -2.08. The highest BCUT2D eigenvalue weighted by molar-refractivity contribution is 7.89. The van der Waals surface area contributed by atoms with Crippen LogP contribution in [0.3, 0.4) is 0 Å². The number of carbonyl (C=O) groups is 1. The van der Waals surface area contributed by atoms with Crippen LogP contribution in [0.25, 0.3) is 15.3 Å². The van der Waals surface area contributed by atoms with Gasteiger partial charge in [-0.15, -0.1) is 11.3 Å². The number of hydrogen-bond acceptors (Lipinski definition) is 6. The molecule has 0 aromatic carbocycles. The maximum absolute atomic E-state index is 11.5. The SMILES string of the molecule is CC(=O)c1cnn2cc(-c3cnn(CS(C)(=O)=O)c3)sc12. The molecular weight excluding hydrogens is 312 g/mol. The van der Waals surface area contributed by atoms with Crippen LogP contribution < -0.4 is 0 Å². The van der Waals surface area contributed by atoms with Crippen molar-refractivity contribution in [1.29, 1.82) is 0 Å². The maximum Gasteiger partial charge on any atom is 0.167 e. The van der Waals surface area contributed by atoms with Crippen LogP contribution in [0, 0.1) is 0 Å². The molecule has 21 heavy (non-hydrogen) atoms. The minimum absolute atomic E-state index is 0.0360. The molecule has 0 aliphatic carbocycles. The Morgan fingerprint density at radius 1 is 1.29 bits per heavy atom. The minimum atomic E-state index is -3.14. The van der Waals surface area contributed by atoms with Crippen LogP contribution in [-0.2, 0) is 15.7 Å². The van der Waals surface area contributed by atoms with Crippen molar-refractivity contribution in [2.75, 3.05) is 6.26 Å². The van der Waals surface area contributed by atoms with Gasteiger partial charge in [-0.25, -0.2) is 12.9 Å². The van der Waals surface area contributed by atoms with Crippen LogP contribution >= 0.6 is 11.3 Å². The third kappa shape index (κ3) is 2.74. The van der Waals surface area contributed by atoms with Crippen LogP contribution in [0.15, 0.2) is 24.8 Å². The van der Waals surface area contributed by atoms with Gasteiger partial charge in [-0.1, -0.05) is 0 Å². The summed E-state index contributed by atoms with van der Waals surface area (Å²) >= 11 is 1.42. The lowest BCUT2D eigenvalue weighted by molar-refractivity contribution is 0.101. The number of carbonyl (C=O) groups excluding carboxylic acids is 1. The summed E-state index contributed by atoms with van der Waals surface area (Å²) in [6.07, 6.45) is 7.77. The first kappa shape index (κ1) is 14.0. The smallest absolute Gasteiger partial charge is 0.167 e. The Labute approximate surface area is 124 Å². The molecule has 0 saturated carbocycles. The normalized spacial score (nSPS) is 12.1. The molecule has 3 aromatic rings. The van der Waals surface area contributed by atoms with E-state index in [4.69, 9.17) is 0 Å². The summed E-state index contributed by atoms with van der Waals surface area (Å²) in [5.41, 5.74) is 1.37. The van der Waals surface area contributed by atoms with Gasteiger partial charge in [0.05, 0.1) is 22.8 Å². The molecular formula is C12H12N4O3S2. The molecule has 9 heteroatoms. The first-order chi connectivity index (χ1) is 9.83. The average molecular weight is 324 g/mol. The third-order valence-electron chi connectivity index (χ3n) is 2.86. The summed E-state index contributed by atoms with van der Waals surface area (Å²) in [6.45, 7) is 1.50. The van der Waals surface area contributed by atoms with E-state index in [0.717, 1.165) is 21.5 Å². The fourth-order valence-corrected chi connectivity index (χ4v) is 3.67. The number of Topliss-reactive ketones (excluding diaryl/α,β-unsaturated/α-hetero) is 1. The number of hydrogen-bond donors (Lipinski definition) is 0. The molecule has 7 nitrogen and oxygen atoms in total. The first-order valence-electron chi connectivity index (χ1n) is 6.02. The van der Waals surface area contributed by atoms with Gasteiger partial charge in [0.15, 0.2) is 15.6 Å². The summed E-state index contributed by atoms with van der Waals surface area (Å²) < 4.78 is 25.5. The molecule has 3 aromatic heterocycles. The first-order valence-corrected chi connectivity index (χ1v) is 8.90. The molecule has 0 N–H and O–H groups in total. The van der Waals surface area contributed by atoms with Crippen LogP contribution in [-0.4, -0.2) is 39.9 Å². The van der Waals surface area contributed by atoms with E-state index in [0.29, 0.717) is 5.56 Å². The third-order valence-corrected chi connectivity index (χ3v) is 4.75. The van der Waals surface area contributed by atoms with E-state index in [1.54, 1.807) is 29.3 Å². The molecule has 0 fully saturated rings. The number of nitrogens with zero attached hydrogens (tertiary/aromatic N) is 4. The number of sulfone groups is 1. The van der Waals surface area contributed by atoms with Crippen molar-refractivity contribution < 1.29 is 13.2 Å². The van der Waals surface area contributed by atoms with E-state index in [-0.39, 0.29) is 11.7 Å². The van der Waals surface area contributed by atoms with Crippen LogP contribution in [0.4, 0.5) is 0 Å². The minimum Gasteiger partial charge on any atom is -0.294 e. The Bertz CT molecular complexity index is 933. The second-order valence-corrected chi connectivity index (χ2v) is 7.92. The molecule has 0 atom stereocenters. The van der Waals surface area contributed by atoms with Gasteiger partial charge in [0.1, 0.15) is 10.7 Å². The second kappa shape index (κ2) is 4.78. The number of rotatable bonds is 4. The monoisotopic (exact) mass is 324 g/mol. The van der Waals surface area contributed by atoms with Gasteiger partial charge in [-0.3, -0.25) is 9.48 Å². The van der Waals surface area contributed by atoms with Crippen molar-refractivity contribution in [2.45, 2.75) is 12.8 Å². The number of thiazole rings is 1. The van der Waals surface area contributed by atoms with Gasteiger partial charge in [0, 0.05) is 24.2 Å².